The number of ether oxygens (including phenoxy) is 2. The van der Waals surface area contributed by atoms with Gasteiger partial charge in [0, 0.05) is 0 Å². The number of amides is 4. The van der Waals surface area contributed by atoms with Crippen molar-refractivity contribution in [2.75, 3.05) is 7.11 Å². The summed E-state index contributed by atoms with van der Waals surface area (Å²) in [5.41, 5.74) is 2.52. The number of carbonyl (C=O) groups is 3. The summed E-state index contributed by atoms with van der Waals surface area (Å²) >= 11 is 3.44. The van der Waals surface area contributed by atoms with E-state index in [4.69, 9.17) is 9.47 Å². The van der Waals surface area contributed by atoms with Gasteiger partial charge in [-0.1, -0.05) is 29.8 Å². The highest BCUT2D eigenvalue weighted by atomic mass is 79.9. The van der Waals surface area contributed by atoms with Gasteiger partial charge in [0.25, 0.3) is 11.8 Å². The number of barbiturate groups is 1. The van der Waals surface area contributed by atoms with Gasteiger partial charge in [-0.3, -0.25) is 20.2 Å². The van der Waals surface area contributed by atoms with Crippen molar-refractivity contribution in [1.82, 2.24) is 10.6 Å². The van der Waals surface area contributed by atoms with E-state index >= 15 is 0 Å². The molecule has 0 saturated carbocycles. The third kappa shape index (κ3) is 4.40. The number of aryl methyl sites for hydroxylation is 1. The van der Waals surface area contributed by atoms with E-state index < -0.39 is 17.8 Å². The molecule has 7 nitrogen and oxygen atoms in total. The quantitative estimate of drug-likeness (QED) is 0.545. The Hall–Kier alpha value is -3.13. The number of carbonyl (C=O) groups excluding carboxylic acids is 3. The second-order valence-electron chi connectivity index (χ2n) is 6.10. The molecule has 4 amide bonds. The number of halogens is 1. The molecule has 2 aromatic carbocycles. The van der Waals surface area contributed by atoms with E-state index in [-0.39, 0.29) is 5.57 Å². The van der Waals surface area contributed by atoms with Gasteiger partial charge in [-0.15, -0.1) is 0 Å². The molecule has 0 bridgehead atoms. The van der Waals surface area contributed by atoms with Crippen molar-refractivity contribution in [1.29, 1.82) is 0 Å². The smallest absolute Gasteiger partial charge is 0.328 e. The van der Waals surface area contributed by atoms with E-state index in [1.807, 2.05) is 41.8 Å². The lowest BCUT2D eigenvalue weighted by atomic mass is 10.1. The van der Waals surface area contributed by atoms with Crippen molar-refractivity contribution in [3.8, 4) is 11.5 Å². The Labute approximate surface area is 169 Å². The largest absolute Gasteiger partial charge is 0.493 e. The van der Waals surface area contributed by atoms with Crippen LogP contribution in [0.4, 0.5) is 4.79 Å². The van der Waals surface area contributed by atoms with Crippen LogP contribution >= 0.6 is 15.9 Å². The average Bonchev–Trinajstić information content (AvgIpc) is 2.64. The zero-order valence-electron chi connectivity index (χ0n) is 15.2. The van der Waals surface area contributed by atoms with Gasteiger partial charge < -0.3 is 9.47 Å². The first-order valence-electron chi connectivity index (χ1n) is 8.31. The molecule has 0 aliphatic carbocycles. The first kappa shape index (κ1) is 19.6. The van der Waals surface area contributed by atoms with Crippen LogP contribution < -0.4 is 20.1 Å². The van der Waals surface area contributed by atoms with Gasteiger partial charge in [-0.2, -0.15) is 0 Å². The number of nitrogens with one attached hydrogen (secondary N) is 2. The van der Waals surface area contributed by atoms with Crippen LogP contribution in [-0.4, -0.2) is 25.0 Å². The number of imide groups is 2. The zero-order valence-corrected chi connectivity index (χ0v) is 16.8. The summed E-state index contributed by atoms with van der Waals surface area (Å²) < 4.78 is 11.9. The maximum Gasteiger partial charge on any atom is 0.328 e. The lowest BCUT2D eigenvalue weighted by molar-refractivity contribution is -0.123. The fraction of sp³-hybridized carbons (Fsp3) is 0.150. The van der Waals surface area contributed by atoms with Gasteiger partial charge in [-0.25, -0.2) is 4.79 Å². The van der Waals surface area contributed by atoms with Crippen molar-refractivity contribution in [2.24, 2.45) is 0 Å². The standard InChI is InChI=1S/C20H17BrN2O5/c1-11-3-5-12(6-4-11)10-28-17-15(21)8-13(9-16(17)27-2)7-14-18(24)22-20(26)23-19(14)25/h3-9H,10H2,1-2H3,(H2,22,23,24,25,26). The molecular weight excluding hydrogens is 428 g/mol. The molecule has 0 aromatic heterocycles. The Morgan fingerprint density at radius 2 is 1.68 bits per heavy atom. The van der Waals surface area contributed by atoms with Crippen molar-refractivity contribution < 1.29 is 23.9 Å². The van der Waals surface area contributed by atoms with E-state index in [0.717, 1.165) is 11.1 Å². The topological polar surface area (TPSA) is 93.7 Å². The van der Waals surface area contributed by atoms with Crippen LogP contribution in [0.3, 0.4) is 0 Å². The first-order valence-corrected chi connectivity index (χ1v) is 9.11. The highest BCUT2D eigenvalue weighted by Crippen LogP contribution is 2.37. The molecule has 0 spiro atoms. The number of hydrogen-bond donors (Lipinski definition) is 2. The Morgan fingerprint density at radius 3 is 2.29 bits per heavy atom. The second-order valence-corrected chi connectivity index (χ2v) is 6.96. The minimum absolute atomic E-state index is 0.179. The van der Waals surface area contributed by atoms with Gasteiger partial charge in [-0.05, 0) is 52.2 Å². The van der Waals surface area contributed by atoms with Crippen molar-refractivity contribution in [2.45, 2.75) is 13.5 Å². The maximum atomic E-state index is 11.9. The highest BCUT2D eigenvalue weighted by molar-refractivity contribution is 9.10. The molecule has 1 saturated heterocycles. The van der Waals surface area contributed by atoms with E-state index in [0.29, 0.717) is 28.1 Å². The Balaban J connectivity index is 1.86. The maximum absolute atomic E-state index is 11.9. The van der Waals surface area contributed by atoms with E-state index in [1.54, 1.807) is 12.1 Å². The third-order valence-corrected chi connectivity index (χ3v) is 4.60. The van der Waals surface area contributed by atoms with Gasteiger partial charge in [0.05, 0.1) is 11.6 Å². The van der Waals surface area contributed by atoms with Crippen LogP contribution in [-0.2, 0) is 16.2 Å². The third-order valence-electron chi connectivity index (χ3n) is 4.01. The van der Waals surface area contributed by atoms with Crippen molar-refractivity contribution in [3.05, 3.63) is 63.1 Å². The van der Waals surface area contributed by atoms with Crippen LogP contribution in [0.2, 0.25) is 0 Å². The molecule has 8 heteroatoms. The first-order chi connectivity index (χ1) is 13.4. The van der Waals surface area contributed by atoms with Crippen molar-refractivity contribution in [3.63, 3.8) is 0 Å². The molecule has 1 aliphatic heterocycles. The number of methoxy groups -OCH3 is 1. The number of hydrogen-bond acceptors (Lipinski definition) is 5. The average molecular weight is 445 g/mol. The lowest BCUT2D eigenvalue weighted by Crippen LogP contribution is -2.51. The molecule has 2 aromatic rings. The number of rotatable bonds is 5. The fourth-order valence-electron chi connectivity index (χ4n) is 2.58. The number of urea groups is 1. The summed E-state index contributed by atoms with van der Waals surface area (Å²) in [6.07, 6.45) is 1.37. The Kier molecular flexibility index (Phi) is 5.79. The van der Waals surface area contributed by atoms with Gasteiger partial charge in [0.1, 0.15) is 12.2 Å². The molecule has 2 N–H and O–H groups in total. The Bertz CT molecular complexity index is 961. The zero-order chi connectivity index (χ0) is 20.3. The van der Waals surface area contributed by atoms with Crippen molar-refractivity contribution >= 4 is 39.9 Å². The molecule has 1 aliphatic rings. The summed E-state index contributed by atoms with van der Waals surface area (Å²) in [5, 5.41) is 4.06. The molecule has 0 atom stereocenters. The van der Waals surface area contributed by atoms with E-state index in [1.165, 1.54) is 13.2 Å². The van der Waals surface area contributed by atoms with E-state index in [2.05, 4.69) is 15.9 Å². The summed E-state index contributed by atoms with van der Waals surface area (Å²) in [4.78, 5) is 34.9. The molecule has 1 fully saturated rings. The van der Waals surface area contributed by atoms with E-state index in [9.17, 15) is 14.4 Å². The monoisotopic (exact) mass is 444 g/mol. The normalized spacial score (nSPS) is 13.7. The summed E-state index contributed by atoms with van der Waals surface area (Å²) in [5.74, 6) is -0.592. The highest BCUT2D eigenvalue weighted by Gasteiger charge is 2.27. The molecule has 1 heterocycles. The summed E-state index contributed by atoms with van der Waals surface area (Å²) in [6, 6.07) is 10.5. The molecule has 0 radical (unpaired) electrons. The minimum Gasteiger partial charge on any atom is -0.493 e. The fourth-order valence-corrected chi connectivity index (χ4v) is 3.15. The van der Waals surface area contributed by atoms with Crippen LogP contribution in [0, 0.1) is 6.92 Å². The number of benzene rings is 2. The van der Waals surface area contributed by atoms with Crippen LogP contribution in [0.1, 0.15) is 16.7 Å². The molecule has 0 unspecified atom stereocenters. The Morgan fingerprint density at radius 1 is 1.04 bits per heavy atom. The summed E-state index contributed by atoms with van der Waals surface area (Å²) in [7, 11) is 1.50. The molecule has 28 heavy (non-hydrogen) atoms. The van der Waals surface area contributed by atoms with Gasteiger partial charge in [0.15, 0.2) is 11.5 Å². The lowest BCUT2D eigenvalue weighted by Gasteiger charge is -2.16. The van der Waals surface area contributed by atoms with Crippen LogP contribution in [0.5, 0.6) is 11.5 Å². The van der Waals surface area contributed by atoms with Crippen LogP contribution in [0.25, 0.3) is 6.08 Å². The predicted molar refractivity (Wildman–Crippen MR) is 106 cm³/mol. The predicted octanol–water partition coefficient (Wildman–Crippen LogP) is 3.09. The SMILES string of the molecule is COc1cc(C=C2C(=O)NC(=O)NC2=O)cc(Br)c1OCc1ccc(C)cc1. The molecule has 3 rings (SSSR count). The van der Waals surface area contributed by atoms with Crippen LogP contribution in [0.15, 0.2) is 46.4 Å². The summed E-state index contributed by atoms with van der Waals surface area (Å²) in [6.45, 7) is 2.36. The molecule has 144 valence electrons. The van der Waals surface area contributed by atoms with Gasteiger partial charge >= 0.3 is 6.03 Å². The second kappa shape index (κ2) is 8.26. The van der Waals surface area contributed by atoms with Gasteiger partial charge in [0.2, 0.25) is 0 Å². The molecular formula is C20H17BrN2O5. The minimum atomic E-state index is -0.842.